The standard InChI is InChI=1S/C15H22N2O4/c1-5-6-11-13(10(3)18)9(2)16-14(11)15(21)17(4)8-7-12(19)20/h16H,5-8H2,1-4H3,(H,19,20). The highest BCUT2D eigenvalue weighted by atomic mass is 16.4. The van der Waals surface area contributed by atoms with Crippen molar-refractivity contribution in [3.05, 3.63) is 22.5 Å². The van der Waals surface area contributed by atoms with Crippen LogP contribution < -0.4 is 0 Å². The van der Waals surface area contributed by atoms with Crippen molar-refractivity contribution in [1.29, 1.82) is 0 Å². The second-order valence-corrected chi connectivity index (χ2v) is 5.16. The summed E-state index contributed by atoms with van der Waals surface area (Å²) in [6, 6.07) is 0. The first-order valence-corrected chi connectivity index (χ1v) is 6.99. The van der Waals surface area contributed by atoms with Crippen LogP contribution in [0.2, 0.25) is 0 Å². The van der Waals surface area contributed by atoms with Crippen molar-refractivity contribution in [2.45, 2.75) is 40.0 Å². The van der Waals surface area contributed by atoms with Crippen LogP contribution in [0, 0.1) is 6.92 Å². The predicted octanol–water partition coefficient (Wildman–Crippen LogP) is 2.02. The van der Waals surface area contributed by atoms with E-state index in [0.717, 1.165) is 12.0 Å². The number of ketones is 1. The zero-order chi connectivity index (χ0) is 16.2. The van der Waals surface area contributed by atoms with Gasteiger partial charge in [-0.2, -0.15) is 0 Å². The molecule has 0 aliphatic rings. The summed E-state index contributed by atoms with van der Waals surface area (Å²) in [6.45, 7) is 5.36. The minimum atomic E-state index is -0.949. The number of aromatic amines is 1. The van der Waals surface area contributed by atoms with Gasteiger partial charge in [-0.25, -0.2) is 0 Å². The lowest BCUT2D eigenvalue weighted by atomic mass is 10.0. The number of aryl methyl sites for hydroxylation is 1. The Balaban J connectivity index is 3.11. The van der Waals surface area contributed by atoms with E-state index in [0.29, 0.717) is 23.4 Å². The van der Waals surface area contributed by atoms with Crippen molar-refractivity contribution in [1.82, 2.24) is 9.88 Å². The molecule has 0 radical (unpaired) electrons. The van der Waals surface area contributed by atoms with Crippen LogP contribution in [-0.2, 0) is 11.2 Å². The van der Waals surface area contributed by atoms with Crippen molar-refractivity contribution in [2.75, 3.05) is 13.6 Å². The maximum absolute atomic E-state index is 12.4. The molecule has 0 bridgehead atoms. The lowest BCUT2D eigenvalue weighted by Crippen LogP contribution is -2.30. The van der Waals surface area contributed by atoms with Crippen molar-refractivity contribution in [3.63, 3.8) is 0 Å². The molecule has 1 heterocycles. The molecule has 6 heteroatoms. The topological polar surface area (TPSA) is 90.5 Å². The molecule has 0 fully saturated rings. The van der Waals surface area contributed by atoms with Gasteiger partial charge in [0.15, 0.2) is 5.78 Å². The Morgan fingerprint density at radius 2 is 1.90 bits per heavy atom. The van der Waals surface area contributed by atoms with Crippen molar-refractivity contribution in [2.24, 2.45) is 0 Å². The van der Waals surface area contributed by atoms with Gasteiger partial charge in [-0.3, -0.25) is 14.4 Å². The largest absolute Gasteiger partial charge is 0.481 e. The summed E-state index contributed by atoms with van der Waals surface area (Å²) in [4.78, 5) is 39.1. The minimum absolute atomic E-state index is 0.0700. The molecule has 0 atom stereocenters. The molecule has 0 aliphatic heterocycles. The van der Waals surface area contributed by atoms with E-state index in [1.54, 1.807) is 14.0 Å². The normalized spacial score (nSPS) is 10.5. The molecule has 0 aliphatic carbocycles. The van der Waals surface area contributed by atoms with E-state index in [1.807, 2.05) is 6.92 Å². The van der Waals surface area contributed by atoms with Crippen LogP contribution in [0.1, 0.15) is 58.8 Å². The predicted molar refractivity (Wildman–Crippen MR) is 78.7 cm³/mol. The van der Waals surface area contributed by atoms with Gasteiger partial charge in [0, 0.05) is 24.8 Å². The Kier molecular flexibility index (Phi) is 5.69. The van der Waals surface area contributed by atoms with Crippen LogP contribution >= 0.6 is 0 Å². The third-order valence-electron chi connectivity index (χ3n) is 3.36. The zero-order valence-corrected chi connectivity index (χ0v) is 12.9. The number of H-pyrrole nitrogens is 1. The highest BCUT2D eigenvalue weighted by molar-refractivity contribution is 6.02. The third kappa shape index (κ3) is 3.93. The van der Waals surface area contributed by atoms with E-state index in [9.17, 15) is 14.4 Å². The molecule has 0 aromatic carbocycles. The highest BCUT2D eigenvalue weighted by Gasteiger charge is 2.24. The lowest BCUT2D eigenvalue weighted by Gasteiger charge is -2.16. The summed E-state index contributed by atoms with van der Waals surface area (Å²) in [5, 5.41) is 8.68. The Morgan fingerprint density at radius 3 is 2.38 bits per heavy atom. The van der Waals surface area contributed by atoms with Crippen LogP contribution in [0.4, 0.5) is 0 Å². The van der Waals surface area contributed by atoms with Crippen LogP contribution in [0.15, 0.2) is 0 Å². The van der Waals surface area contributed by atoms with Crippen molar-refractivity contribution >= 4 is 17.7 Å². The number of carbonyl (C=O) groups is 3. The first-order valence-electron chi connectivity index (χ1n) is 6.99. The summed E-state index contributed by atoms with van der Waals surface area (Å²) in [5.41, 5.74) is 2.38. The van der Waals surface area contributed by atoms with Crippen molar-refractivity contribution in [3.8, 4) is 0 Å². The average molecular weight is 294 g/mol. The average Bonchev–Trinajstić information content (AvgIpc) is 2.72. The summed E-state index contributed by atoms with van der Waals surface area (Å²) < 4.78 is 0. The number of rotatable bonds is 7. The molecule has 1 amide bonds. The molecular formula is C15H22N2O4. The molecule has 116 valence electrons. The molecule has 1 aromatic rings. The third-order valence-corrected chi connectivity index (χ3v) is 3.36. The number of aliphatic carboxylic acids is 1. The second-order valence-electron chi connectivity index (χ2n) is 5.16. The van der Waals surface area contributed by atoms with Gasteiger partial charge in [-0.05, 0) is 25.8 Å². The smallest absolute Gasteiger partial charge is 0.305 e. The summed E-state index contributed by atoms with van der Waals surface area (Å²) in [7, 11) is 1.56. The first kappa shape index (κ1) is 16.9. The van der Waals surface area contributed by atoms with Gasteiger partial charge in [0.1, 0.15) is 5.69 Å². The lowest BCUT2D eigenvalue weighted by molar-refractivity contribution is -0.137. The molecule has 0 unspecified atom stereocenters. The van der Waals surface area contributed by atoms with E-state index >= 15 is 0 Å². The monoisotopic (exact) mass is 294 g/mol. The molecule has 21 heavy (non-hydrogen) atoms. The number of carboxylic acid groups (broad SMARTS) is 1. The van der Waals surface area contributed by atoms with Crippen LogP contribution in [0.25, 0.3) is 0 Å². The van der Waals surface area contributed by atoms with Gasteiger partial charge >= 0.3 is 5.97 Å². The fourth-order valence-electron chi connectivity index (χ4n) is 2.39. The molecule has 0 saturated heterocycles. The maximum atomic E-state index is 12.4. The van der Waals surface area contributed by atoms with Crippen molar-refractivity contribution < 1.29 is 19.5 Å². The zero-order valence-electron chi connectivity index (χ0n) is 12.9. The minimum Gasteiger partial charge on any atom is -0.481 e. The van der Waals surface area contributed by atoms with E-state index in [2.05, 4.69) is 4.98 Å². The van der Waals surface area contributed by atoms with E-state index < -0.39 is 5.97 Å². The van der Waals surface area contributed by atoms with Crippen LogP contribution in [0.3, 0.4) is 0 Å². The van der Waals surface area contributed by atoms with E-state index in [-0.39, 0.29) is 24.7 Å². The molecule has 0 saturated carbocycles. The summed E-state index contributed by atoms with van der Waals surface area (Å²) in [6.07, 6.45) is 1.34. The highest BCUT2D eigenvalue weighted by Crippen LogP contribution is 2.22. The van der Waals surface area contributed by atoms with E-state index in [4.69, 9.17) is 5.11 Å². The fraction of sp³-hybridized carbons (Fsp3) is 0.533. The van der Waals surface area contributed by atoms with Gasteiger partial charge in [-0.15, -0.1) is 0 Å². The Bertz CT molecular complexity index is 560. The number of hydrogen-bond acceptors (Lipinski definition) is 3. The Hall–Kier alpha value is -2.11. The number of carbonyl (C=O) groups excluding carboxylic acids is 2. The number of nitrogens with zero attached hydrogens (tertiary/aromatic N) is 1. The number of Topliss-reactive ketones (excluding diaryl/α,β-unsaturated/α-hetero) is 1. The fourth-order valence-corrected chi connectivity index (χ4v) is 2.39. The van der Waals surface area contributed by atoms with Gasteiger partial charge in [0.25, 0.3) is 5.91 Å². The van der Waals surface area contributed by atoms with Gasteiger partial charge < -0.3 is 15.0 Å². The Labute approximate surface area is 124 Å². The number of aromatic nitrogens is 1. The number of hydrogen-bond donors (Lipinski definition) is 2. The van der Waals surface area contributed by atoms with Gasteiger partial charge in [0.05, 0.1) is 6.42 Å². The van der Waals surface area contributed by atoms with Crippen LogP contribution in [0.5, 0.6) is 0 Å². The summed E-state index contributed by atoms with van der Waals surface area (Å²) >= 11 is 0. The number of carboxylic acids is 1. The Morgan fingerprint density at radius 1 is 1.29 bits per heavy atom. The maximum Gasteiger partial charge on any atom is 0.305 e. The molecule has 2 N–H and O–H groups in total. The van der Waals surface area contributed by atoms with E-state index in [1.165, 1.54) is 11.8 Å². The number of amides is 1. The summed E-state index contributed by atoms with van der Waals surface area (Å²) in [5.74, 6) is -1.30. The molecular weight excluding hydrogens is 272 g/mol. The van der Waals surface area contributed by atoms with Gasteiger partial charge in [0.2, 0.25) is 0 Å². The number of nitrogens with one attached hydrogen (secondary N) is 1. The van der Waals surface area contributed by atoms with Crippen LogP contribution in [-0.4, -0.2) is 46.2 Å². The quantitative estimate of drug-likeness (QED) is 0.753. The first-order chi connectivity index (χ1) is 9.79. The molecule has 1 aromatic heterocycles. The SMILES string of the molecule is CCCc1c(C(=O)N(C)CCC(=O)O)[nH]c(C)c1C(C)=O. The molecule has 1 rings (SSSR count). The molecule has 0 spiro atoms. The molecule has 6 nitrogen and oxygen atoms in total. The second kappa shape index (κ2) is 7.06. The van der Waals surface area contributed by atoms with Gasteiger partial charge in [-0.1, -0.05) is 13.3 Å².